The highest BCUT2D eigenvalue weighted by Crippen LogP contribution is 2.41. The van der Waals surface area contributed by atoms with Crippen LogP contribution in [0.15, 0.2) is 60.8 Å². The van der Waals surface area contributed by atoms with Crippen molar-refractivity contribution in [1.82, 2.24) is 4.98 Å². The molecule has 1 heterocycles. The molecule has 0 bridgehead atoms. The second-order valence-corrected chi connectivity index (χ2v) is 8.23. The molecule has 3 aromatic rings. The fourth-order valence-corrected chi connectivity index (χ4v) is 4.72. The van der Waals surface area contributed by atoms with Crippen LogP contribution in [0.25, 0.3) is 11.3 Å². The standard InChI is InChI=1S/C23H21FN2O5S/c24-16-9-7-15(8-10-16)20-12-11-17(13-25-20)26(32(29)30)21-5-1-4-19-18(21)3-2-6-22(19)31-14-23(27)28/h2-3,6-13,21H,1,4-5,14H2,(H,27,28)(H,29,30). The van der Waals surface area contributed by atoms with Crippen molar-refractivity contribution in [3.05, 3.63) is 77.7 Å². The Balaban J connectivity index is 1.66. The Labute approximate surface area is 186 Å². The molecule has 0 fully saturated rings. The van der Waals surface area contributed by atoms with Crippen LogP contribution in [0.5, 0.6) is 5.75 Å². The van der Waals surface area contributed by atoms with E-state index >= 15 is 0 Å². The number of fused-ring (bicyclic) bond motifs is 1. The molecule has 0 saturated carbocycles. The van der Waals surface area contributed by atoms with E-state index in [0.717, 1.165) is 23.1 Å². The maximum Gasteiger partial charge on any atom is 0.341 e. The molecular formula is C23H21FN2O5S. The van der Waals surface area contributed by atoms with Gasteiger partial charge in [-0.1, -0.05) is 12.1 Å². The van der Waals surface area contributed by atoms with E-state index in [-0.39, 0.29) is 5.82 Å². The number of rotatable bonds is 7. The van der Waals surface area contributed by atoms with Crippen molar-refractivity contribution in [3.63, 3.8) is 0 Å². The molecule has 1 aliphatic carbocycles. The summed E-state index contributed by atoms with van der Waals surface area (Å²) >= 11 is -2.32. The predicted molar refractivity (Wildman–Crippen MR) is 118 cm³/mol. The molecule has 7 nitrogen and oxygen atoms in total. The molecule has 1 aliphatic rings. The summed E-state index contributed by atoms with van der Waals surface area (Å²) < 4.78 is 42.5. The van der Waals surface area contributed by atoms with Gasteiger partial charge in [0.25, 0.3) is 11.3 Å². The van der Waals surface area contributed by atoms with Gasteiger partial charge in [-0.15, -0.1) is 0 Å². The maximum absolute atomic E-state index is 13.2. The summed E-state index contributed by atoms with van der Waals surface area (Å²) in [4.78, 5) is 15.3. The quantitative estimate of drug-likeness (QED) is 0.512. The molecule has 2 N–H and O–H groups in total. The first-order chi connectivity index (χ1) is 15.4. The van der Waals surface area contributed by atoms with Crippen LogP contribution >= 0.6 is 0 Å². The molecule has 2 unspecified atom stereocenters. The Morgan fingerprint density at radius 1 is 1.19 bits per heavy atom. The van der Waals surface area contributed by atoms with E-state index in [2.05, 4.69) is 4.98 Å². The van der Waals surface area contributed by atoms with Gasteiger partial charge in [0.2, 0.25) is 0 Å². The van der Waals surface area contributed by atoms with Crippen LogP contribution in [-0.2, 0) is 22.5 Å². The van der Waals surface area contributed by atoms with Gasteiger partial charge in [-0.3, -0.25) is 13.8 Å². The lowest BCUT2D eigenvalue weighted by Crippen LogP contribution is -2.33. The first-order valence-corrected chi connectivity index (χ1v) is 11.1. The van der Waals surface area contributed by atoms with E-state index in [1.54, 1.807) is 36.4 Å². The third-order valence-corrected chi connectivity index (χ3v) is 6.18. The zero-order valence-corrected chi connectivity index (χ0v) is 17.8. The fraction of sp³-hybridized carbons (Fsp3) is 0.217. The van der Waals surface area contributed by atoms with Crippen LogP contribution in [0.4, 0.5) is 10.1 Å². The highest BCUT2D eigenvalue weighted by Gasteiger charge is 2.31. The molecule has 0 radical (unpaired) electrons. The Kier molecular flexibility index (Phi) is 6.48. The number of benzene rings is 2. The third kappa shape index (κ3) is 4.63. The Morgan fingerprint density at radius 2 is 1.97 bits per heavy atom. The van der Waals surface area contributed by atoms with E-state index in [0.29, 0.717) is 30.0 Å². The van der Waals surface area contributed by atoms with Gasteiger partial charge in [-0.25, -0.2) is 13.4 Å². The molecule has 0 spiro atoms. The zero-order chi connectivity index (χ0) is 22.7. The molecule has 9 heteroatoms. The largest absolute Gasteiger partial charge is 0.482 e. The van der Waals surface area contributed by atoms with Gasteiger partial charge in [-0.2, -0.15) is 0 Å². The minimum absolute atomic E-state index is 0.338. The summed E-state index contributed by atoms with van der Waals surface area (Å²) in [5.41, 5.74) is 3.48. The van der Waals surface area contributed by atoms with Crippen LogP contribution in [0.1, 0.15) is 30.0 Å². The summed E-state index contributed by atoms with van der Waals surface area (Å²) in [6.45, 7) is -0.453. The number of aromatic nitrogens is 1. The van der Waals surface area contributed by atoms with Crippen molar-refractivity contribution in [2.45, 2.75) is 25.3 Å². The smallest absolute Gasteiger partial charge is 0.341 e. The lowest BCUT2D eigenvalue weighted by molar-refractivity contribution is -0.139. The molecule has 2 atom stereocenters. The number of ether oxygens (including phenoxy) is 1. The van der Waals surface area contributed by atoms with Gasteiger partial charge in [0.15, 0.2) is 6.61 Å². The third-order valence-electron chi connectivity index (χ3n) is 5.38. The lowest BCUT2D eigenvalue weighted by Gasteiger charge is -2.34. The maximum atomic E-state index is 13.2. The minimum atomic E-state index is -2.32. The number of pyridine rings is 1. The van der Waals surface area contributed by atoms with Gasteiger partial charge in [0.05, 0.1) is 23.6 Å². The predicted octanol–water partition coefficient (Wildman–Crippen LogP) is 4.37. The van der Waals surface area contributed by atoms with E-state index < -0.39 is 29.9 Å². The van der Waals surface area contributed by atoms with E-state index in [9.17, 15) is 17.9 Å². The molecule has 0 amide bonds. The van der Waals surface area contributed by atoms with Crippen LogP contribution in [-0.4, -0.2) is 31.4 Å². The average Bonchev–Trinajstić information content (AvgIpc) is 2.79. The van der Waals surface area contributed by atoms with Crippen molar-refractivity contribution < 1.29 is 27.8 Å². The SMILES string of the molecule is O=C(O)COc1cccc2c1CCCC2N(c1ccc(-c2ccc(F)cc2)nc1)S(=O)O. The Bertz CT molecular complexity index is 1140. The number of carboxylic acid groups (broad SMARTS) is 1. The van der Waals surface area contributed by atoms with Crippen molar-refractivity contribution in [2.24, 2.45) is 0 Å². The molecule has 166 valence electrons. The van der Waals surface area contributed by atoms with E-state index in [4.69, 9.17) is 9.84 Å². The first kappa shape index (κ1) is 21.9. The normalized spacial score (nSPS) is 16.1. The number of hydrogen-bond donors (Lipinski definition) is 2. The number of nitrogens with zero attached hydrogens (tertiary/aromatic N) is 2. The molecule has 2 aromatic carbocycles. The molecule has 1 aromatic heterocycles. The number of halogens is 1. The molecule has 32 heavy (non-hydrogen) atoms. The average molecular weight is 456 g/mol. The molecule has 4 rings (SSSR count). The Hall–Kier alpha value is -3.30. The number of anilines is 1. The van der Waals surface area contributed by atoms with Crippen molar-refractivity contribution in [2.75, 3.05) is 10.9 Å². The second-order valence-electron chi connectivity index (χ2n) is 7.38. The highest BCUT2D eigenvalue weighted by molar-refractivity contribution is 7.80. The van der Waals surface area contributed by atoms with Gasteiger partial charge >= 0.3 is 5.97 Å². The zero-order valence-electron chi connectivity index (χ0n) is 17.0. The van der Waals surface area contributed by atoms with Crippen molar-refractivity contribution in [1.29, 1.82) is 0 Å². The van der Waals surface area contributed by atoms with Crippen molar-refractivity contribution in [3.8, 4) is 17.0 Å². The summed E-state index contributed by atoms with van der Waals surface area (Å²) in [5, 5.41) is 8.93. The second kappa shape index (κ2) is 9.46. The van der Waals surface area contributed by atoms with Crippen LogP contribution in [0.3, 0.4) is 0 Å². The molecule has 0 aliphatic heterocycles. The van der Waals surface area contributed by atoms with Gasteiger partial charge < -0.3 is 9.84 Å². The van der Waals surface area contributed by atoms with Crippen LogP contribution in [0, 0.1) is 5.82 Å². The van der Waals surface area contributed by atoms with Crippen LogP contribution in [0.2, 0.25) is 0 Å². The van der Waals surface area contributed by atoms with Gasteiger partial charge in [-0.05, 0) is 72.9 Å². The lowest BCUT2D eigenvalue weighted by atomic mass is 9.87. The van der Waals surface area contributed by atoms with E-state index in [1.807, 2.05) is 6.07 Å². The number of carbonyl (C=O) groups is 1. The monoisotopic (exact) mass is 456 g/mol. The number of hydrogen-bond acceptors (Lipinski definition) is 4. The van der Waals surface area contributed by atoms with E-state index in [1.165, 1.54) is 22.6 Å². The first-order valence-electron chi connectivity index (χ1n) is 10.0. The fourth-order valence-electron chi connectivity index (χ4n) is 4.00. The summed E-state index contributed by atoms with van der Waals surface area (Å²) in [6, 6.07) is 14.3. The van der Waals surface area contributed by atoms with Crippen molar-refractivity contribution >= 4 is 22.9 Å². The van der Waals surface area contributed by atoms with Gasteiger partial charge in [0.1, 0.15) is 11.6 Å². The molecule has 0 saturated heterocycles. The number of carboxylic acids is 1. The van der Waals surface area contributed by atoms with Crippen LogP contribution < -0.4 is 9.04 Å². The highest BCUT2D eigenvalue weighted by atomic mass is 32.2. The summed E-state index contributed by atoms with van der Waals surface area (Å²) in [7, 11) is 0. The molecular weight excluding hydrogens is 435 g/mol. The van der Waals surface area contributed by atoms with Gasteiger partial charge in [0, 0.05) is 5.56 Å². The number of aliphatic carboxylic acids is 1. The Morgan fingerprint density at radius 3 is 2.62 bits per heavy atom. The topological polar surface area (TPSA) is 100.0 Å². The summed E-state index contributed by atoms with van der Waals surface area (Å²) in [5.74, 6) is -0.932. The minimum Gasteiger partial charge on any atom is -0.482 e. The summed E-state index contributed by atoms with van der Waals surface area (Å²) in [6.07, 6.45) is 3.60.